The predicted octanol–water partition coefficient (Wildman–Crippen LogP) is 4.49. The van der Waals surface area contributed by atoms with Crippen LogP contribution < -0.4 is 15.4 Å². The van der Waals surface area contributed by atoms with Gasteiger partial charge in [-0.1, -0.05) is 17.7 Å². The maximum absolute atomic E-state index is 5.72. The minimum Gasteiger partial charge on any atom is -0.496 e. The molecule has 2 heterocycles. The van der Waals surface area contributed by atoms with Crippen molar-refractivity contribution in [2.45, 2.75) is 38.6 Å². The molecule has 1 saturated heterocycles. The number of thiophene rings is 1. The van der Waals surface area contributed by atoms with Crippen LogP contribution in [0.5, 0.6) is 5.75 Å². The lowest BCUT2D eigenvalue weighted by molar-refractivity contribution is 0.0505. The molecule has 7 heteroatoms. The summed E-state index contributed by atoms with van der Waals surface area (Å²) in [6.45, 7) is 8.07. The Bertz CT molecular complexity index is 774. The van der Waals surface area contributed by atoms with Crippen LogP contribution in [0, 0.1) is 6.92 Å². The van der Waals surface area contributed by atoms with E-state index < -0.39 is 0 Å². The molecule has 0 amide bonds. The van der Waals surface area contributed by atoms with E-state index in [1.54, 1.807) is 18.4 Å². The first kappa shape index (κ1) is 24.0. The van der Waals surface area contributed by atoms with Crippen LogP contribution in [0.25, 0.3) is 0 Å². The van der Waals surface area contributed by atoms with E-state index in [1.807, 2.05) is 0 Å². The number of rotatable bonds is 7. The molecule has 3 rings (SSSR count). The van der Waals surface area contributed by atoms with Gasteiger partial charge in [0.2, 0.25) is 0 Å². The number of aliphatic imine (C=N–C) groups is 1. The van der Waals surface area contributed by atoms with E-state index in [-0.39, 0.29) is 29.4 Å². The van der Waals surface area contributed by atoms with E-state index in [9.17, 15) is 0 Å². The molecule has 0 radical (unpaired) electrons. The van der Waals surface area contributed by atoms with Gasteiger partial charge in [0.1, 0.15) is 5.75 Å². The Morgan fingerprint density at radius 3 is 2.69 bits per heavy atom. The molecular formula is C22H32IN3O2S. The van der Waals surface area contributed by atoms with Crippen molar-refractivity contribution >= 4 is 41.3 Å². The Morgan fingerprint density at radius 2 is 2.03 bits per heavy atom. The quantitative estimate of drug-likeness (QED) is 0.316. The monoisotopic (exact) mass is 529 g/mol. The molecule has 160 valence electrons. The Morgan fingerprint density at radius 1 is 1.24 bits per heavy atom. The van der Waals surface area contributed by atoms with E-state index in [0.717, 1.165) is 50.9 Å². The number of nitrogens with one attached hydrogen (secondary N) is 2. The highest BCUT2D eigenvalue weighted by atomic mass is 127. The van der Waals surface area contributed by atoms with Gasteiger partial charge in [0.05, 0.1) is 13.7 Å². The molecule has 0 spiro atoms. The number of methoxy groups -OCH3 is 1. The van der Waals surface area contributed by atoms with Crippen molar-refractivity contribution in [3.63, 3.8) is 0 Å². The van der Waals surface area contributed by atoms with E-state index in [0.29, 0.717) is 6.54 Å². The minimum absolute atomic E-state index is 0. The van der Waals surface area contributed by atoms with Crippen molar-refractivity contribution in [3.05, 3.63) is 51.7 Å². The summed E-state index contributed by atoms with van der Waals surface area (Å²) in [5, 5.41) is 11.2. The van der Waals surface area contributed by atoms with Gasteiger partial charge in [-0.3, -0.25) is 0 Å². The van der Waals surface area contributed by atoms with Crippen LogP contribution in [0.2, 0.25) is 0 Å². The summed E-state index contributed by atoms with van der Waals surface area (Å²) >= 11 is 1.70. The van der Waals surface area contributed by atoms with Crippen LogP contribution >= 0.6 is 35.3 Å². The molecule has 1 aliphatic rings. The minimum atomic E-state index is -0.0335. The summed E-state index contributed by atoms with van der Waals surface area (Å²) in [5.74, 6) is 1.81. The zero-order chi connectivity index (χ0) is 19.8. The third-order valence-electron chi connectivity index (χ3n) is 5.31. The smallest absolute Gasteiger partial charge is 0.191 e. The van der Waals surface area contributed by atoms with Gasteiger partial charge in [-0.05, 0) is 55.1 Å². The molecule has 0 unspecified atom stereocenters. The second-order valence-corrected chi connectivity index (χ2v) is 8.06. The predicted molar refractivity (Wildman–Crippen MR) is 132 cm³/mol. The number of aryl methyl sites for hydroxylation is 1. The van der Waals surface area contributed by atoms with Crippen LogP contribution in [-0.4, -0.2) is 39.4 Å². The van der Waals surface area contributed by atoms with Crippen molar-refractivity contribution in [3.8, 4) is 5.75 Å². The molecule has 1 aliphatic heterocycles. The lowest BCUT2D eigenvalue weighted by Gasteiger charge is -2.39. The molecule has 1 aromatic heterocycles. The SMILES string of the molecule is CCNC(=NCc1ccsc1)NCC1(c2cc(C)ccc2OC)CCOCC1.I. The van der Waals surface area contributed by atoms with E-state index in [1.165, 1.54) is 16.7 Å². The molecule has 2 N–H and O–H groups in total. The summed E-state index contributed by atoms with van der Waals surface area (Å²) in [7, 11) is 1.75. The van der Waals surface area contributed by atoms with Crippen LogP contribution in [0.15, 0.2) is 40.0 Å². The molecule has 0 bridgehead atoms. The highest BCUT2D eigenvalue weighted by molar-refractivity contribution is 14.0. The van der Waals surface area contributed by atoms with Crippen LogP contribution in [0.1, 0.15) is 36.5 Å². The standard InChI is InChI=1S/C22H31N3O2S.HI/c1-4-23-21(24-14-18-7-12-28-15-18)25-16-22(8-10-27-11-9-22)19-13-17(2)5-6-20(19)26-3;/h5-7,12-13,15H,4,8-11,14,16H2,1-3H3,(H2,23,24,25);1H. The zero-order valence-corrected chi connectivity index (χ0v) is 20.6. The van der Waals surface area contributed by atoms with E-state index in [2.05, 4.69) is 59.5 Å². The fourth-order valence-corrected chi connectivity index (χ4v) is 4.35. The molecule has 5 nitrogen and oxygen atoms in total. The first-order valence-corrected chi connectivity index (χ1v) is 10.9. The van der Waals surface area contributed by atoms with Gasteiger partial charge in [0.25, 0.3) is 0 Å². The van der Waals surface area contributed by atoms with Gasteiger partial charge < -0.3 is 20.1 Å². The highest BCUT2D eigenvalue weighted by Gasteiger charge is 2.37. The summed E-state index contributed by atoms with van der Waals surface area (Å²) in [5.41, 5.74) is 3.72. The van der Waals surface area contributed by atoms with Gasteiger partial charge >= 0.3 is 0 Å². The third kappa shape index (κ3) is 6.33. The van der Waals surface area contributed by atoms with Crippen LogP contribution in [-0.2, 0) is 16.7 Å². The fraction of sp³-hybridized carbons (Fsp3) is 0.500. The van der Waals surface area contributed by atoms with Crippen LogP contribution in [0.3, 0.4) is 0 Å². The van der Waals surface area contributed by atoms with Crippen molar-refractivity contribution < 1.29 is 9.47 Å². The molecule has 0 saturated carbocycles. The van der Waals surface area contributed by atoms with Crippen molar-refractivity contribution in [1.82, 2.24) is 10.6 Å². The molecule has 29 heavy (non-hydrogen) atoms. The van der Waals surface area contributed by atoms with E-state index >= 15 is 0 Å². The topological polar surface area (TPSA) is 54.9 Å². The average Bonchev–Trinajstić information content (AvgIpc) is 3.24. The van der Waals surface area contributed by atoms with E-state index in [4.69, 9.17) is 14.5 Å². The lowest BCUT2D eigenvalue weighted by Crippen LogP contribution is -2.48. The maximum atomic E-state index is 5.72. The second kappa shape index (κ2) is 11.8. The fourth-order valence-electron chi connectivity index (χ4n) is 3.69. The highest BCUT2D eigenvalue weighted by Crippen LogP contribution is 2.40. The number of guanidine groups is 1. The second-order valence-electron chi connectivity index (χ2n) is 7.28. The third-order valence-corrected chi connectivity index (χ3v) is 6.05. The summed E-state index contributed by atoms with van der Waals surface area (Å²) < 4.78 is 11.4. The molecule has 0 atom stereocenters. The molecule has 1 fully saturated rings. The van der Waals surface area contributed by atoms with Gasteiger partial charge in [0.15, 0.2) is 5.96 Å². The molecule has 2 aromatic rings. The Hall–Kier alpha value is -1.32. The van der Waals surface area contributed by atoms with Gasteiger partial charge in [-0.25, -0.2) is 4.99 Å². The normalized spacial score (nSPS) is 16.0. The zero-order valence-electron chi connectivity index (χ0n) is 17.5. The number of nitrogens with zero attached hydrogens (tertiary/aromatic N) is 1. The summed E-state index contributed by atoms with van der Waals surface area (Å²) in [4.78, 5) is 4.76. The van der Waals surface area contributed by atoms with Crippen molar-refractivity contribution in [1.29, 1.82) is 0 Å². The van der Waals surface area contributed by atoms with Gasteiger partial charge in [-0.15, -0.1) is 24.0 Å². The maximum Gasteiger partial charge on any atom is 0.191 e. The Labute approximate surface area is 195 Å². The number of hydrogen-bond acceptors (Lipinski definition) is 4. The summed E-state index contributed by atoms with van der Waals surface area (Å²) in [6, 6.07) is 8.57. The van der Waals surface area contributed by atoms with Crippen LogP contribution in [0.4, 0.5) is 0 Å². The number of hydrogen-bond donors (Lipinski definition) is 2. The number of halogens is 1. The van der Waals surface area contributed by atoms with Gasteiger partial charge in [-0.2, -0.15) is 11.3 Å². The Balaban J connectivity index is 0.00000300. The average molecular weight is 529 g/mol. The molecule has 1 aromatic carbocycles. The first-order valence-electron chi connectivity index (χ1n) is 9.93. The molecule has 0 aliphatic carbocycles. The van der Waals surface area contributed by atoms with Crippen molar-refractivity contribution in [2.75, 3.05) is 33.4 Å². The summed E-state index contributed by atoms with van der Waals surface area (Å²) in [6.07, 6.45) is 1.92. The number of benzene rings is 1. The Kier molecular flexibility index (Phi) is 9.71. The van der Waals surface area contributed by atoms with Gasteiger partial charge in [0, 0.05) is 37.3 Å². The molecular weight excluding hydrogens is 497 g/mol. The largest absolute Gasteiger partial charge is 0.496 e. The number of ether oxygens (including phenoxy) is 2. The lowest BCUT2D eigenvalue weighted by atomic mass is 9.73. The van der Waals surface area contributed by atoms with Crippen molar-refractivity contribution in [2.24, 2.45) is 4.99 Å². The first-order chi connectivity index (χ1) is 13.7.